The van der Waals surface area contributed by atoms with Crippen molar-refractivity contribution >= 4 is 57.2 Å². The topological polar surface area (TPSA) is 198 Å². The average Bonchev–Trinajstić information content (AvgIpc) is 2.97. The number of anilines is 1. The molecule has 0 aliphatic carbocycles. The van der Waals surface area contributed by atoms with Crippen molar-refractivity contribution < 1.29 is 33.5 Å². The number of primary amides is 1. The van der Waals surface area contributed by atoms with Gasteiger partial charge in [0.1, 0.15) is 18.7 Å². The van der Waals surface area contributed by atoms with Crippen LogP contribution in [-0.4, -0.2) is 66.1 Å². The number of halogens is 1. The Labute approximate surface area is 280 Å². The summed E-state index contributed by atoms with van der Waals surface area (Å²) < 4.78 is 5.34. The van der Waals surface area contributed by atoms with Gasteiger partial charge in [0.15, 0.2) is 0 Å². The molecule has 0 aliphatic heterocycles. The number of ether oxygens (including phenoxy) is 1. The summed E-state index contributed by atoms with van der Waals surface area (Å²) in [6.07, 6.45) is 3.13. The molecule has 0 aromatic heterocycles. The van der Waals surface area contributed by atoms with E-state index in [1.165, 1.54) is 0 Å². The first-order valence-corrected chi connectivity index (χ1v) is 16.7. The number of alkyl halides is 1. The van der Waals surface area contributed by atoms with E-state index in [2.05, 4.69) is 42.5 Å². The standard InChI is InChI=1S/C32H51BrN6O7/c1-21(2)28(39-25(40)11-7-6-8-16-35-26(41)19-33)30(44)38-24(10-9-17-36-31(34)45)29(43)37-23-14-12-22(13-15-23)20-46-27(42)18-32(3,4)5/h12-15,21,24,28H,6-11,16-20H2,1-5H3,(H,35,41)(H,37,43)(H,38,44)(H,39,40)(H3,34,36,45)/t24-,28-/m1/s1. The minimum Gasteiger partial charge on any atom is -0.461 e. The number of amides is 6. The first-order chi connectivity index (χ1) is 21.6. The lowest BCUT2D eigenvalue weighted by Gasteiger charge is -2.25. The van der Waals surface area contributed by atoms with Gasteiger partial charge < -0.3 is 37.1 Å². The Bertz CT molecular complexity index is 1150. The molecule has 0 saturated carbocycles. The van der Waals surface area contributed by atoms with Crippen molar-refractivity contribution in [2.24, 2.45) is 17.1 Å². The molecule has 258 valence electrons. The van der Waals surface area contributed by atoms with Crippen LogP contribution in [-0.2, 0) is 35.3 Å². The van der Waals surface area contributed by atoms with Gasteiger partial charge in [-0.3, -0.25) is 24.0 Å². The summed E-state index contributed by atoms with van der Waals surface area (Å²) in [5, 5.41) is 13.8. The van der Waals surface area contributed by atoms with Gasteiger partial charge in [-0.25, -0.2) is 4.79 Å². The summed E-state index contributed by atoms with van der Waals surface area (Å²) in [7, 11) is 0. The van der Waals surface area contributed by atoms with Crippen molar-refractivity contribution in [2.45, 2.75) is 98.3 Å². The van der Waals surface area contributed by atoms with Gasteiger partial charge in [-0.1, -0.05) is 69.1 Å². The van der Waals surface area contributed by atoms with Crippen LogP contribution in [0.5, 0.6) is 0 Å². The second kappa shape index (κ2) is 21.2. The molecule has 0 heterocycles. The van der Waals surface area contributed by atoms with Crippen LogP contribution in [0.15, 0.2) is 24.3 Å². The van der Waals surface area contributed by atoms with Crippen molar-refractivity contribution in [2.75, 3.05) is 23.7 Å². The number of benzene rings is 1. The van der Waals surface area contributed by atoms with E-state index in [0.717, 1.165) is 18.4 Å². The van der Waals surface area contributed by atoms with Crippen LogP contribution < -0.4 is 32.3 Å². The molecule has 14 heteroatoms. The molecule has 0 unspecified atom stereocenters. The maximum absolute atomic E-state index is 13.3. The van der Waals surface area contributed by atoms with Crippen LogP contribution in [0.1, 0.15) is 85.1 Å². The molecular weight excluding hydrogens is 660 g/mol. The van der Waals surface area contributed by atoms with Crippen molar-refractivity contribution in [1.82, 2.24) is 21.3 Å². The highest BCUT2D eigenvalue weighted by atomic mass is 79.9. The van der Waals surface area contributed by atoms with E-state index in [9.17, 15) is 28.8 Å². The number of esters is 1. The largest absolute Gasteiger partial charge is 0.461 e. The number of hydrogen-bond acceptors (Lipinski definition) is 7. The molecular formula is C32H51BrN6O7. The number of urea groups is 1. The van der Waals surface area contributed by atoms with E-state index in [4.69, 9.17) is 10.5 Å². The van der Waals surface area contributed by atoms with Crippen molar-refractivity contribution in [3.63, 3.8) is 0 Å². The van der Waals surface area contributed by atoms with E-state index in [1.807, 2.05) is 20.8 Å². The zero-order valence-corrected chi connectivity index (χ0v) is 29.2. The quantitative estimate of drug-likeness (QED) is 0.0678. The fraction of sp³-hybridized carbons (Fsp3) is 0.625. The van der Waals surface area contributed by atoms with E-state index in [1.54, 1.807) is 38.1 Å². The fourth-order valence-electron chi connectivity index (χ4n) is 4.25. The number of carbonyl (C=O) groups excluding carboxylic acids is 6. The highest BCUT2D eigenvalue weighted by Crippen LogP contribution is 2.20. The first kappa shape index (κ1) is 40.3. The van der Waals surface area contributed by atoms with Crippen molar-refractivity contribution in [3.8, 4) is 0 Å². The Morgan fingerprint density at radius 1 is 0.848 bits per heavy atom. The minimum absolute atomic E-state index is 0.0936. The highest BCUT2D eigenvalue weighted by molar-refractivity contribution is 9.09. The molecule has 7 N–H and O–H groups in total. The molecule has 0 aliphatic rings. The zero-order valence-electron chi connectivity index (χ0n) is 27.6. The molecule has 1 aromatic carbocycles. The molecule has 0 saturated heterocycles. The number of carbonyl (C=O) groups is 6. The van der Waals surface area contributed by atoms with Crippen LogP contribution in [0.25, 0.3) is 0 Å². The third kappa shape index (κ3) is 18.3. The predicted octanol–water partition coefficient (Wildman–Crippen LogP) is 3.25. The van der Waals surface area contributed by atoms with Crippen LogP contribution in [0, 0.1) is 11.3 Å². The molecule has 0 fully saturated rings. The summed E-state index contributed by atoms with van der Waals surface area (Å²) in [5.41, 5.74) is 6.19. The number of nitrogens with one attached hydrogen (secondary N) is 5. The third-order valence-corrected chi connectivity index (χ3v) is 7.20. The van der Waals surface area contributed by atoms with Gasteiger partial charge in [0.05, 0.1) is 11.8 Å². The summed E-state index contributed by atoms with van der Waals surface area (Å²) in [4.78, 5) is 73.6. The number of rotatable bonds is 20. The number of unbranched alkanes of at least 4 members (excludes halogenated alkanes) is 2. The summed E-state index contributed by atoms with van der Waals surface area (Å²) in [5.74, 6) is -1.90. The van der Waals surface area contributed by atoms with Crippen LogP contribution in [0.2, 0.25) is 0 Å². The first-order valence-electron chi connectivity index (χ1n) is 15.6. The van der Waals surface area contributed by atoms with E-state index >= 15 is 0 Å². The third-order valence-electron chi connectivity index (χ3n) is 6.69. The molecule has 0 spiro atoms. The Morgan fingerprint density at radius 3 is 2.09 bits per heavy atom. The zero-order chi connectivity index (χ0) is 34.7. The molecule has 13 nitrogen and oxygen atoms in total. The monoisotopic (exact) mass is 710 g/mol. The molecule has 1 rings (SSSR count). The molecule has 0 radical (unpaired) electrons. The van der Waals surface area contributed by atoms with Crippen molar-refractivity contribution in [3.05, 3.63) is 29.8 Å². The summed E-state index contributed by atoms with van der Waals surface area (Å²) in [6, 6.07) is 4.27. The smallest absolute Gasteiger partial charge is 0.312 e. The van der Waals surface area contributed by atoms with Gasteiger partial charge in [-0.15, -0.1) is 0 Å². The SMILES string of the molecule is CC(C)[C@@H](NC(=O)CCCCCNC(=O)CBr)C(=O)N[C@H](CCCNC(N)=O)C(=O)Nc1ccc(COC(=O)CC(C)(C)C)cc1. The normalized spacial score (nSPS) is 12.4. The van der Waals surface area contributed by atoms with Crippen LogP contribution in [0.4, 0.5) is 10.5 Å². The summed E-state index contributed by atoms with van der Waals surface area (Å²) in [6.45, 7) is 10.3. The lowest BCUT2D eigenvalue weighted by Crippen LogP contribution is -2.54. The average molecular weight is 712 g/mol. The predicted molar refractivity (Wildman–Crippen MR) is 180 cm³/mol. The van der Waals surface area contributed by atoms with Crippen LogP contribution >= 0.6 is 15.9 Å². The summed E-state index contributed by atoms with van der Waals surface area (Å²) >= 11 is 3.09. The number of hydrogen-bond donors (Lipinski definition) is 6. The lowest BCUT2D eigenvalue weighted by molar-refractivity contribution is -0.147. The second-order valence-corrected chi connectivity index (χ2v) is 13.2. The maximum Gasteiger partial charge on any atom is 0.312 e. The molecule has 0 bridgehead atoms. The van der Waals surface area contributed by atoms with E-state index in [-0.39, 0.29) is 60.4 Å². The molecule has 46 heavy (non-hydrogen) atoms. The Balaban J connectivity index is 2.79. The number of nitrogens with two attached hydrogens (primary N) is 1. The molecule has 6 amide bonds. The van der Waals surface area contributed by atoms with Gasteiger partial charge in [0, 0.05) is 25.2 Å². The van der Waals surface area contributed by atoms with E-state index in [0.29, 0.717) is 31.5 Å². The highest BCUT2D eigenvalue weighted by Gasteiger charge is 2.29. The molecule has 2 atom stereocenters. The second-order valence-electron chi connectivity index (χ2n) is 12.7. The van der Waals surface area contributed by atoms with Gasteiger partial charge in [-0.05, 0) is 54.7 Å². The van der Waals surface area contributed by atoms with Crippen LogP contribution in [0.3, 0.4) is 0 Å². The minimum atomic E-state index is -0.965. The van der Waals surface area contributed by atoms with Gasteiger partial charge in [0.25, 0.3) is 0 Å². The van der Waals surface area contributed by atoms with Gasteiger partial charge in [0.2, 0.25) is 23.6 Å². The van der Waals surface area contributed by atoms with Gasteiger partial charge in [-0.2, -0.15) is 0 Å². The van der Waals surface area contributed by atoms with Gasteiger partial charge >= 0.3 is 12.0 Å². The Morgan fingerprint density at radius 2 is 1.50 bits per heavy atom. The van der Waals surface area contributed by atoms with Crippen molar-refractivity contribution in [1.29, 1.82) is 0 Å². The van der Waals surface area contributed by atoms with E-state index < -0.39 is 29.9 Å². The lowest BCUT2D eigenvalue weighted by atomic mass is 9.92. The Hall–Kier alpha value is -3.68. The molecule has 1 aromatic rings. The maximum atomic E-state index is 13.3. The fourth-order valence-corrected chi connectivity index (χ4v) is 4.45. The Kier molecular flexibility index (Phi) is 18.6.